The molecular weight excluding hydrogens is 332 g/mol. The average molecular weight is 359 g/mol. The molecule has 0 unspecified atom stereocenters. The van der Waals surface area contributed by atoms with Gasteiger partial charge in [-0.05, 0) is 56.0 Å². The number of hydrogen-bond acceptors (Lipinski definition) is 2. The van der Waals surface area contributed by atoms with Crippen molar-refractivity contribution < 1.29 is 4.74 Å². The quantitative estimate of drug-likeness (QED) is 0.491. The first kappa shape index (κ1) is 19.3. The van der Waals surface area contributed by atoms with Crippen LogP contribution in [-0.4, -0.2) is 16.2 Å². The van der Waals surface area contributed by atoms with E-state index in [4.69, 9.17) is 9.72 Å². The van der Waals surface area contributed by atoms with Crippen LogP contribution in [0.5, 0.6) is 5.75 Å². The predicted molar refractivity (Wildman–Crippen MR) is 107 cm³/mol. The molecule has 134 valence electrons. The summed E-state index contributed by atoms with van der Waals surface area (Å²) in [5.74, 6) is 2.17. The minimum atomic E-state index is 0. The van der Waals surface area contributed by atoms with Gasteiger partial charge in [-0.1, -0.05) is 31.2 Å². The Kier molecular flexibility index (Phi) is 7.32. The van der Waals surface area contributed by atoms with Crippen molar-refractivity contribution in [1.82, 2.24) is 9.55 Å². The van der Waals surface area contributed by atoms with E-state index >= 15 is 0 Å². The smallest absolute Gasteiger partial charge is 0.119 e. The van der Waals surface area contributed by atoms with Gasteiger partial charge in [0, 0.05) is 13.0 Å². The van der Waals surface area contributed by atoms with E-state index in [0.29, 0.717) is 0 Å². The largest absolute Gasteiger partial charge is 0.494 e. The van der Waals surface area contributed by atoms with Crippen LogP contribution in [-0.2, 0) is 13.0 Å². The number of para-hydroxylation sites is 2. The molecule has 4 heteroatoms. The van der Waals surface area contributed by atoms with Crippen LogP contribution in [0.2, 0.25) is 0 Å². The lowest BCUT2D eigenvalue weighted by molar-refractivity contribution is 0.303. The highest BCUT2D eigenvalue weighted by Gasteiger charge is 2.09. The highest BCUT2D eigenvalue weighted by Crippen LogP contribution is 2.18. The summed E-state index contributed by atoms with van der Waals surface area (Å²) in [5.41, 5.74) is 3.60. The zero-order valence-electron chi connectivity index (χ0n) is 15.1. The monoisotopic (exact) mass is 358 g/mol. The van der Waals surface area contributed by atoms with E-state index in [2.05, 4.69) is 54.8 Å². The number of halogens is 1. The van der Waals surface area contributed by atoms with Crippen LogP contribution in [0.1, 0.15) is 37.6 Å². The van der Waals surface area contributed by atoms with Crippen LogP contribution in [0.25, 0.3) is 11.0 Å². The maximum Gasteiger partial charge on any atom is 0.119 e. The molecule has 3 nitrogen and oxygen atoms in total. The van der Waals surface area contributed by atoms with Crippen molar-refractivity contribution in [3.8, 4) is 5.75 Å². The third-order valence-corrected chi connectivity index (χ3v) is 4.24. The Hall–Kier alpha value is -2.00. The van der Waals surface area contributed by atoms with Gasteiger partial charge in [0.05, 0.1) is 17.6 Å². The van der Waals surface area contributed by atoms with E-state index in [1.54, 1.807) is 0 Å². The summed E-state index contributed by atoms with van der Waals surface area (Å²) < 4.78 is 8.23. The summed E-state index contributed by atoms with van der Waals surface area (Å²) in [6.45, 7) is 6.07. The molecule has 0 N–H and O–H groups in total. The van der Waals surface area contributed by atoms with Gasteiger partial charge in [-0.3, -0.25) is 0 Å². The first-order valence-electron chi connectivity index (χ1n) is 8.91. The number of hydrogen-bond donors (Lipinski definition) is 0. The lowest BCUT2D eigenvalue weighted by Crippen LogP contribution is -2.06. The van der Waals surface area contributed by atoms with Gasteiger partial charge >= 0.3 is 0 Å². The van der Waals surface area contributed by atoms with Crippen LogP contribution < -0.4 is 4.74 Å². The average Bonchev–Trinajstić information content (AvgIpc) is 2.93. The van der Waals surface area contributed by atoms with Crippen molar-refractivity contribution in [2.75, 3.05) is 6.61 Å². The maximum absolute atomic E-state index is 5.85. The van der Waals surface area contributed by atoms with E-state index in [1.165, 1.54) is 16.9 Å². The second-order valence-corrected chi connectivity index (χ2v) is 6.29. The Labute approximate surface area is 156 Å². The van der Waals surface area contributed by atoms with Crippen molar-refractivity contribution in [3.05, 3.63) is 59.9 Å². The normalized spacial score (nSPS) is 10.6. The molecule has 0 aliphatic carbocycles. The highest BCUT2D eigenvalue weighted by molar-refractivity contribution is 5.85. The zero-order valence-corrected chi connectivity index (χ0v) is 15.9. The standard InChI is InChI=1S/C21H26N2O.ClH/c1-3-9-21-22-19-12-4-5-13-20(19)23(21)14-6-7-15-24-18-11-8-10-17(2)16-18;/h4-5,8,10-13,16H,3,6-7,9,14-15H2,1-2H3;1H. The first-order chi connectivity index (χ1) is 11.8. The third-order valence-electron chi connectivity index (χ3n) is 4.24. The van der Waals surface area contributed by atoms with Crippen LogP contribution in [0.15, 0.2) is 48.5 Å². The molecular formula is C21H27ClN2O. The van der Waals surface area contributed by atoms with Crippen molar-refractivity contribution in [2.45, 2.75) is 46.1 Å². The third kappa shape index (κ3) is 4.99. The zero-order chi connectivity index (χ0) is 16.8. The summed E-state index contributed by atoms with van der Waals surface area (Å²) in [5, 5.41) is 0. The topological polar surface area (TPSA) is 27.1 Å². The fourth-order valence-electron chi connectivity index (χ4n) is 3.06. The SMILES string of the molecule is CCCc1nc2ccccc2n1CCCCOc1cccc(C)c1.Cl. The van der Waals surface area contributed by atoms with Crippen LogP contribution >= 0.6 is 12.4 Å². The lowest BCUT2D eigenvalue weighted by Gasteiger charge is -2.10. The molecule has 0 saturated heterocycles. The molecule has 0 amide bonds. The summed E-state index contributed by atoms with van der Waals surface area (Å²) in [6.07, 6.45) is 4.31. The van der Waals surface area contributed by atoms with Gasteiger partial charge < -0.3 is 9.30 Å². The number of imidazole rings is 1. The molecule has 0 aliphatic rings. The van der Waals surface area contributed by atoms with Gasteiger partial charge in [0.25, 0.3) is 0 Å². The second-order valence-electron chi connectivity index (χ2n) is 6.29. The molecule has 3 aromatic rings. The van der Waals surface area contributed by atoms with E-state index in [-0.39, 0.29) is 12.4 Å². The van der Waals surface area contributed by atoms with Gasteiger partial charge in [-0.25, -0.2) is 4.98 Å². The molecule has 0 atom stereocenters. The molecule has 0 saturated carbocycles. The number of benzene rings is 2. The minimum Gasteiger partial charge on any atom is -0.494 e. The Bertz CT molecular complexity index is 797. The molecule has 0 radical (unpaired) electrons. The number of aromatic nitrogens is 2. The molecule has 0 spiro atoms. The van der Waals surface area contributed by atoms with Crippen molar-refractivity contribution in [2.24, 2.45) is 0 Å². The molecule has 1 heterocycles. The van der Waals surface area contributed by atoms with Gasteiger partial charge in [0.15, 0.2) is 0 Å². The van der Waals surface area contributed by atoms with Gasteiger partial charge in [0.2, 0.25) is 0 Å². The van der Waals surface area contributed by atoms with Crippen molar-refractivity contribution >= 4 is 23.4 Å². The maximum atomic E-state index is 5.85. The van der Waals surface area contributed by atoms with E-state index in [9.17, 15) is 0 Å². The number of unbranched alkanes of at least 4 members (excludes halogenated alkanes) is 1. The van der Waals surface area contributed by atoms with Gasteiger partial charge in [-0.15, -0.1) is 12.4 Å². The van der Waals surface area contributed by atoms with Crippen molar-refractivity contribution in [1.29, 1.82) is 0 Å². The Morgan fingerprint density at radius 1 is 1.04 bits per heavy atom. The van der Waals surface area contributed by atoms with E-state index < -0.39 is 0 Å². The molecule has 0 bridgehead atoms. The molecule has 0 fully saturated rings. The fraction of sp³-hybridized carbons (Fsp3) is 0.381. The Balaban J connectivity index is 0.00000225. The number of nitrogens with zero attached hydrogens (tertiary/aromatic N) is 2. The fourth-order valence-corrected chi connectivity index (χ4v) is 3.06. The number of aryl methyl sites for hydroxylation is 3. The molecule has 3 rings (SSSR count). The summed E-state index contributed by atoms with van der Waals surface area (Å²) in [4.78, 5) is 4.79. The van der Waals surface area contributed by atoms with E-state index in [0.717, 1.165) is 50.1 Å². The predicted octanol–water partition coefficient (Wildman–Crippen LogP) is 5.58. The molecule has 0 aliphatic heterocycles. The number of rotatable bonds is 8. The lowest BCUT2D eigenvalue weighted by atomic mass is 10.2. The Morgan fingerprint density at radius 2 is 1.88 bits per heavy atom. The van der Waals surface area contributed by atoms with Crippen LogP contribution in [0.4, 0.5) is 0 Å². The van der Waals surface area contributed by atoms with Gasteiger partial charge in [0.1, 0.15) is 11.6 Å². The summed E-state index contributed by atoms with van der Waals surface area (Å²) in [7, 11) is 0. The molecule has 1 aromatic heterocycles. The Morgan fingerprint density at radius 3 is 2.68 bits per heavy atom. The second kappa shape index (κ2) is 9.47. The van der Waals surface area contributed by atoms with Crippen molar-refractivity contribution in [3.63, 3.8) is 0 Å². The molecule has 25 heavy (non-hydrogen) atoms. The highest BCUT2D eigenvalue weighted by atomic mass is 35.5. The van der Waals surface area contributed by atoms with Crippen LogP contribution in [0.3, 0.4) is 0 Å². The van der Waals surface area contributed by atoms with Gasteiger partial charge in [-0.2, -0.15) is 0 Å². The first-order valence-corrected chi connectivity index (χ1v) is 8.91. The minimum absolute atomic E-state index is 0. The summed E-state index contributed by atoms with van der Waals surface area (Å²) in [6, 6.07) is 16.7. The van der Waals surface area contributed by atoms with E-state index in [1.807, 2.05) is 12.1 Å². The number of fused-ring (bicyclic) bond motifs is 1. The summed E-state index contributed by atoms with van der Waals surface area (Å²) >= 11 is 0. The molecule has 2 aromatic carbocycles. The van der Waals surface area contributed by atoms with Crippen LogP contribution in [0, 0.1) is 6.92 Å². The number of ether oxygens (including phenoxy) is 1.